The zero-order valence-corrected chi connectivity index (χ0v) is 9.19. The molecule has 1 rings (SSSR count). The molecule has 0 saturated carbocycles. The average molecular weight is 303 g/mol. The van der Waals surface area contributed by atoms with Gasteiger partial charge in [0, 0.05) is 15.7 Å². The molecule has 0 aromatic heterocycles. The van der Waals surface area contributed by atoms with Gasteiger partial charge in [-0.05, 0) is 34.7 Å². The Balaban J connectivity index is 3.50. The van der Waals surface area contributed by atoms with Crippen LogP contribution in [-0.2, 0) is 6.54 Å². The Morgan fingerprint density at radius 1 is 1.64 bits per heavy atom. The van der Waals surface area contributed by atoms with Crippen LogP contribution in [-0.4, -0.2) is 4.92 Å². The van der Waals surface area contributed by atoms with E-state index in [1.165, 1.54) is 6.07 Å². The standard InChI is InChI=1S/C8H6IN3O2/c9-7-1-5(3-10)8(12(13)14)6(2-7)4-11/h1-2H,3,10H2. The van der Waals surface area contributed by atoms with Crippen LogP contribution < -0.4 is 5.73 Å². The fourth-order valence-corrected chi connectivity index (χ4v) is 1.80. The highest BCUT2D eigenvalue weighted by Crippen LogP contribution is 2.25. The molecule has 6 heteroatoms. The molecule has 1 aromatic carbocycles. The second-order valence-electron chi connectivity index (χ2n) is 2.53. The fourth-order valence-electron chi connectivity index (χ4n) is 1.11. The summed E-state index contributed by atoms with van der Waals surface area (Å²) >= 11 is 1.99. The molecular formula is C8H6IN3O2. The van der Waals surface area contributed by atoms with Gasteiger partial charge in [0.1, 0.15) is 11.6 Å². The van der Waals surface area contributed by atoms with Gasteiger partial charge >= 0.3 is 0 Å². The molecule has 5 nitrogen and oxygen atoms in total. The fraction of sp³-hybridized carbons (Fsp3) is 0.125. The van der Waals surface area contributed by atoms with Gasteiger partial charge in [-0.25, -0.2) is 0 Å². The van der Waals surface area contributed by atoms with E-state index in [0.717, 1.165) is 3.57 Å². The lowest BCUT2D eigenvalue weighted by molar-refractivity contribution is -0.385. The number of nitro benzene ring substituents is 1. The largest absolute Gasteiger partial charge is 0.326 e. The van der Waals surface area contributed by atoms with Gasteiger partial charge in [0.15, 0.2) is 0 Å². The molecule has 1 aromatic rings. The van der Waals surface area contributed by atoms with Gasteiger partial charge in [0.2, 0.25) is 0 Å². The van der Waals surface area contributed by atoms with E-state index >= 15 is 0 Å². The summed E-state index contributed by atoms with van der Waals surface area (Å²) in [7, 11) is 0. The Hall–Kier alpha value is -1.20. The van der Waals surface area contributed by atoms with E-state index in [2.05, 4.69) is 0 Å². The molecule has 0 amide bonds. The lowest BCUT2D eigenvalue weighted by atomic mass is 10.1. The monoisotopic (exact) mass is 303 g/mol. The number of nitrogens with zero attached hydrogens (tertiary/aromatic N) is 2. The Bertz CT molecular complexity index is 425. The minimum Gasteiger partial charge on any atom is -0.326 e. The summed E-state index contributed by atoms with van der Waals surface area (Å²) < 4.78 is 0.769. The zero-order valence-electron chi connectivity index (χ0n) is 7.03. The van der Waals surface area contributed by atoms with Gasteiger partial charge < -0.3 is 5.73 Å². The zero-order chi connectivity index (χ0) is 10.7. The number of hydrogen-bond donors (Lipinski definition) is 1. The molecule has 0 radical (unpaired) electrons. The molecule has 14 heavy (non-hydrogen) atoms. The second kappa shape index (κ2) is 4.34. The Morgan fingerprint density at radius 2 is 2.29 bits per heavy atom. The molecule has 0 saturated heterocycles. The van der Waals surface area contributed by atoms with Crippen molar-refractivity contribution in [2.45, 2.75) is 6.54 Å². The van der Waals surface area contributed by atoms with E-state index in [1.807, 2.05) is 22.6 Å². The van der Waals surface area contributed by atoms with Gasteiger partial charge in [-0.15, -0.1) is 0 Å². The molecule has 0 spiro atoms. The number of hydrogen-bond acceptors (Lipinski definition) is 4. The van der Waals surface area contributed by atoms with E-state index in [4.69, 9.17) is 11.0 Å². The van der Waals surface area contributed by atoms with Crippen LogP contribution in [0.25, 0.3) is 0 Å². The van der Waals surface area contributed by atoms with Gasteiger partial charge in [-0.2, -0.15) is 5.26 Å². The van der Waals surface area contributed by atoms with Crippen molar-refractivity contribution in [3.05, 3.63) is 36.9 Å². The van der Waals surface area contributed by atoms with Crippen molar-refractivity contribution in [3.63, 3.8) is 0 Å². The van der Waals surface area contributed by atoms with E-state index in [1.54, 1.807) is 12.1 Å². The van der Waals surface area contributed by atoms with Crippen LogP contribution in [0.5, 0.6) is 0 Å². The number of nitrogens with two attached hydrogens (primary N) is 1. The van der Waals surface area contributed by atoms with Crippen LogP contribution in [0.2, 0.25) is 0 Å². The number of benzene rings is 1. The van der Waals surface area contributed by atoms with Gasteiger partial charge in [0.05, 0.1) is 4.92 Å². The Morgan fingerprint density at radius 3 is 2.71 bits per heavy atom. The van der Waals surface area contributed by atoms with Crippen molar-refractivity contribution in [2.75, 3.05) is 0 Å². The second-order valence-corrected chi connectivity index (χ2v) is 3.78. The summed E-state index contributed by atoms with van der Waals surface area (Å²) in [6.07, 6.45) is 0. The van der Waals surface area contributed by atoms with Crippen molar-refractivity contribution in [1.29, 1.82) is 5.26 Å². The maximum atomic E-state index is 10.7. The number of nitriles is 1. The lowest BCUT2D eigenvalue weighted by Crippen LogP contribution is -2.04. The molecule has 0 aliphatic heterocycles. The molecule has 0 atom stereocenters. The van der Waals surface area contributed by atoms with E-state index in [9.17, 15) is 10.1 Å². The van der Waals surface area contributed by atoms with Gasteiger partial charge in [0.25, 0.3) is 5.69 Å². The van der Waals surface area contributed by atoms with Crippen molar-refractivity contribution < 1.29 is 4.92 Å². The van der Waals surface area contributed by atoms with Crippen LogP contribution >= 0.6 is 22.6 Å². The summed E-state index contributed by atoms with van der Waals surface area (Å²) in [5.74, 6) is 0. The number of rotatable bonds is 2. The molecule has 0 unspecified atom stereocenters. The highest BCUT2D eigenvalue weighted by molar-refractivity contribution is 14.1. The average Bonchev–Trinajstić information content (AvgIpc) is 2.15. The molecule has 0 aliphatic rings. The van der Waals surface area contributed by atoms with E-state index in [0.29, 0.717) is 5.56 Å². The number of nitro groups is 1. The summed E-state index contributed by atoms with van der Waals surface area (Å²) in [4.78, 5) is 10.1. The Kier molecular flexibility index (Phi) is 3.38. The molecule has 0 heterocycles. The van der Waals surface area contributed by atoms with Crippen molar-refractivity contribution >= 4 is 28.3 Å². The molecular weight excluding hydrogens is 297 g/mol. The summed E-state index contributed by atoms with van der Waals surface area (Å²) in [5.41, 5.74) is 5.62. The summed E-state index contributed by atoms with van der Waals surface area (Å²) in [6.45, 7) is 0.0574. The minimum atomic E-state index is -0.573. The SMILES string of the molecule is N#Cc1cc(I)cc(CN)c1[N+](=O)[O-]. The van der Waals surface area contributed by atoms with E-state index in [-0.39, 0.29) is 17.8 Å². The van der Waals surface area contributed by atoms with Crippen LogP contribution in [0, 0.1) is 25.0 Å². The van der Waals surface area contributed by atoms with Crippen molar-refractivity contribution in [2.24, 2.45) is 5.73 Å². The summed E-state index contributed by atoms with van der Waals surface area (Å²) in [5, 5.41) is 19.4. The van der Waals surface area contributed by atoms with Crippen molar-refractivity contribution in [3.8, 4) is 6.07 Å². The predicted molar refractivity (Wildman–Crippen MR) is 58.4 cm³/mol. The first-order chi connectivity index (χ1) is 6.60. The topological polar surface area (TPSA) is 93.0 Å². The van der Waals surface area contributed by atoms with Gasteiger partial charge in [-0.1, -0.05) is 0 Å². The quantitative estimate of drug-likeness (QED) is 0.509. The molecule has 0 fully saturated rings. The van der Waals surface area contributed by atoms with Gasteiger partial charge in [-0.3, -0.25) is 10.1 Å². The predicted octanol–water partition coefficient (Wildman–Crippen LogP) is 1.53. The van der Waals surface area contributed by atoms with E-state index < -0.39 is 4.92 Å². The Labute approximate surface area is 93.8 Å². The first kappa shape index (κ1) is 10.9. The maximum Gasteiger partial charge on any atom is 0.291 e. The first-order valence-electron chi connectivity index (χ1n) is 3.67. The molecule has 2 N–H and O–H groups in total. The smallest absolute Gasteiger partial charge is 0.291 e. The maximum absolute atomic E-state index is 10.7. The molecule has 0 bridgehead atoms. The third-order valence-corrected chi connectivity index (χ3v) is 2.30. The molecule has 0 aliphatic carbocycles. The minimum absolute atomic E-state index is 0.0574. The van der Waals surface area contributed by atoms with Crippen molar-refractivity contribution in [1.82, 2.24) is 0 Å². The third-order valence-electron chi connectivity index (χ3n) is 1.68. The molecule has 72 valence electrons. The normalized spacial score (nSPS) is 9.50. The first-order valence-corrected chi connectivity index (χ1v) is 4.75. The third kappa shape index (κ3) is 2.00. The highest BCUT2D eigenvalue weighted by Gasteiger charge is 2.19. The lowest BCUT2D eigenvalue weighted by Gasteiger charge is -2.02. The highest BCUT2D eigenvalue weighted by atomic mass is 127. The number of halogens is 1. The van der Waals surface area contributed by atoms with Crippen LogP contribution in [0.3, 0.4) is 0 Å². The van der Waals surface area contributed by atoms with Crippen LogP contribution in [0.15, 0.2) is 12.1 Å². The summed E-state index contributed by atoms with van der Waals surface area (Å²) in [6, 6.07) is 4.87. The van der Waals surface area contributed by atoms with Crippen LogP contribution in [0.1, 0.15) is 11.1 Å². The van der Waals surface area contributed by atoms with Crippen LogP contribution in [0.4, 0.5) is 5.69 Å².